The van der Waals surface area contributed by atoms with Crippen molar-refractivity contribution in [1.82, 2.24) is 9.55 Å². The largest absolute Gasteiger partial charge is 0.496 e. The third kappa shape index (κ3) is 2.77. The Labute approximate surface area is 113 Å². The molecule has 2 rings (SSSR count). The first-order valence-corrected chi connectivity index (χ1v) is 5.71. The molecule has 0 saturated heterocycles. The van der Waals surface area contributed by atoms with E-state index in [1.54, 1.807) is 0 Å². The van der Waals surface area contributed by atoms with Crippen LogP contribution in [-0.2, 0) is 6.54 Å². The van der Waals surface area contributed by atoms with Crippen LogP contribution < -0.4 is 16.0 Å². The molecule has 0 saturated carbocycles. The number of hydrogen-bond donors (Lipinski definition) is 2. The molecule has 0 aliphatic carbocycles. The molecule has 0 aliphatic heterocycles. The van der Waals surface area contributed by atoms with Crippen LogP contribution in [0.3, 0.4) is 0 Å². The van der Waals surface area contributed by atoms with Crippen LogP contribution in [0.15, 0.2) is 40.1 Å². The summed E-state index contributed by atoms with van der Waals surface area (Å²) in [5.41, 5.74) is -0.433. The fraction of sp³-hybridized carbons (Fsp3) is 0.154. The third-order valence-corrected chi connectivity index (χ3v) is 2.76. The van der Waals surface area contributed by atoms with E-state index in [-0.39, 0.29) is 12.1 Å². The molecule has 1 heterocycles. The van der Waals surface area contributed by atoms with Crippen molar-refractivity contribution in [2.24, 2.45) is 0 Å². The van der Waals surface area contributed by atoms with E-state index in [0.717, 1.165) is 0 Å². The van der Waals surface area contributed by atoms with Gasteiger partial charge in [0.15, 0.2) is 0 Å². The van der Waals surface area contributed by atoms with Gasteiger partial charge in [-0.25, -0.2) is 9.59 Å². The van der Waals surface area contributed by atoms with Crippen LogP contribution in [0.1, 0.15) is 15.9 Å². The summed E-state index contributed by atoms with van der Waals surface area (Å²) in [5.74, 6) is -0.601. The van der Waals surface area contributed by atoms with Gasteiger partial charge in [0, 0.05) is 17.8 Å². The minimum Gasteiger partial charge on any atom is -0.496 e. The molecule has 104 valence electrons. The average molecular weight is 276 g/mol. The molecule has 2 N–H and O–H groups in total. The highest BCUT2D eigenvalue weighted by atomic mass is 16.5. The lowest BCUT2D eigenvalue weighted by molar-refractivity contribution is 0.0696. The number of rotatable bonds is 4. The zero-order valence-corrected chi connectivity index (χ0v) is 10.6. The summed E-state index contributed by atoms with van der Waals surface area (Å²) in [6.45, 7) is 0.0971. The summed E-state index contributed by atoms with van der Waals surface area (Å²) in [4.78, 5) is 35.7. The van der Waals surface area contributed by atoms with Crippen molar-refractivity contribution in [2.75, 3.05) is 7.11 Å². The summed E-state index contributed by atoms with van der Waals surface area (Å²) < 4.78 is 6.39. The molecule has 0 spiro atoms. The van der Waals surface area contributed by atoms with Gasteiger partial charge in [0.05, 0.1) is 19.2 Å². The van der Waals surface area contributed by atoms with Gasteiger partial charge in [-0.15, -0.1) is 0 Å². The molecule has 2 aromatic rings. The molecular formula is C13H12N2O5. The van der Waals surface area contributed by atoms with E-state index in [0.29, 0.717) is 11.3 Å². The smallest absolute Gasteiger partial charge is 0.335 e. The van der Waals surface area contributed by atoms with E-state index in [2.05, 4.69) is 4.98 Å². The summed E-state index contributed by atoms with van der Waals surface area (Å²) in [6, 6.07) is 5.59. The van der Waals surface area contributed by atoms with Crippen LogP contribution in [0, 0.1) is 0 Å². The quantitative estimate of drug-likeness (QED) is 0.835. The number of nitrogens with one attached hydrogen (secondary N) is 1. The number of H-pyrrole nitrogens is 1. The van der Waals surface area contributed by atoms with Crippen molar-refractivity contribution in [1.29, 1.82) is 0 Å². The van der Waals surface area contributed by atoms with Crippen LogP contribution in [0.25, 0.3) is 0 Å². The standard InChI is InChI=1S/C13H12N2O5/c1-20-10-3-2-8(12(17)18)6-9(10)7-15-5-4-11(16)14-13(15)19/h2-6H,7H2,1H3,(H,17,18)(H,14,16,19). The maximum absolute atomic E-state index is 11.6. The number of ether oxygens (including phenoxy) is 1. The molecule has 0 bridgehead atoms. The zero-order valence-electron chi connectivity index (χ0n) is 10.6. The Kier molecular flexibility index (Phi) is 3.69. The number of carbonyl (C=O) groups is 1. The van der Waals surface area contributed by atoms with E-state index in [1.165, 1.54) is 42.1 Å². The van der Waals surface area contributed by atoms with Crippen LogP contribution >= 0.6 is 0 Å². The molecule has 20 heavy (non-hydrogen) atoms. The SMILES string of the molecule is COc1ccc(C(=O)O)cc1Cn1ccc(=O)[nH]c1=O. The number of aromatic carboxylic acids is 1. The van der Waals surface area contributed by atoms with Crippen molar-refractivity contribution in [3.8, 4) is 5.75 Å². The summed E-state index contributed by atoms with van der Waals surface area (Å²) in [6.07, 6.45) is 1.34. The lowest BCUT2D eigenvalue weighted by atomic mass is 10.1. The lowest BCUT2D eigenvalue weighted by Crippen LogP contribution is -2.29. The number of carboxylic acid groups (broad SMARTS) is 1. The lowest BCUT2D eigenvalue weighted by Gasteiger charge is -2.10. The molecule has 0 amide bonds. The molecular weight excluding hydrogens is 264 g/mol. The van der Waals surface area contributed by atoms with E-state index in [1.807, 2.05) is 0 Å². The van der Waals surface area contributed by atoms with Gasteiger partial charge in [0.1, 0.15) is 5.75 Å². The van der Waals surface area contributed by atoms with Gasteiger partial charge in [-0.3, -0.25) is 14.3 Å². The summed E-state index contributed by atoms with van der Waals surface area (Å²) in [7, 11) is 1.45. The normalized spacial score (nSPS) is 10.2. The van der Waals surface area contributed by atoms with Crippen molar-refractivity contribution >= 4 is 5.97 Å². The number of carboxylic acids is 1. The molecule has 7 nitrogen and oxygen atoms in total. The molecule has 0 fully saturated rings. The minimum atomic E-state index is -1.07. The van der Waals surface area contributed by atoms with Gasteiger partial charge in [0.2, 0.25) is 0 Å². The van der Waals surface area contributed by atoms with Crippen LogP contribution in [-0.4, -0.2) is 27.7 Å². The van der Waals surface area contributed by atoms with Gasteiger partial charge in [-0.1, -0.05) is 0 Å². The van der Waals surface area contributed by atoms with Crippen molar-refractivity contribution in [3.05, 3.63) is 62.4 Å². The Hall–Kier alpha value is -2.83. The molecule has 1 aromatic carbocycles. The van der Waals surface area contributed by atoms with E-state index < -0.39 is 17.2 Å². The van der Waals surface area contributed by atoms with Crippen LogP contribution in [0.4, 0.5) is 0 Å². The topological polar surface area (TPSA) is 101 Å². The first-order valence-electron chi connectivity index (χ1n) is 5.71. The summed E-state index contributed by atoms with van der Waals surface area (Å²) in [5, 5.41) is 8.97. The number of hydrogen-bond acceptors (Lipinski definition) is 4. The second-order valence-electron chi connectivity index (χ2n) is 4.07. The van der Waals surface area contributed by atoms with Crippen LogP contribution in [0.5, 0.6) is 5.75 Å². The summed E-state index contributed by atoms with van der Waals surface area (Å²) >= 11 is 0. The molecule has 0 radical (unpaired) electrons. The highest BCUT2D eigenvalue weighted by Gasteiger charge is 2.10. The number of nitrogens with zero attached hydrogens (tertiary/aromatic N) is 1. The molecule has 0 unspecified atom stereocenters. The van der Waals surface area contributed by atoms with Gasteiger partial charge in [-0.2, -0.15) is 0 Å². The highest BCUT2D eigenvalue weighted by Crippen LogP contribution is 2.20. The third-order valence-electron chi connectivity index (χ3n) is 2.76. The Morgan fingerprint density at radius 1 is 1.35 bits per heavy atom. The van der Waals surface area contributed by atoms with Crippen molar-refractivity contribution in [2.45, 2.75) is 6.54 Å². The fourth-order valence-electron chi connectivity index (χ4n) is 1.79. The Balaban J connectivity index is 2.46. The molecule has 1 aromatic heterocycles. The number of aromatic nitrogens is 2. The first kappa shape index (κ1) is 13.6. The molecule has 0 atom stereocenters. The maximum Gasteiger partial charge on any atom is 0.335 e. The zero-order chi connectivity index (χ0) is 14.7. The van der Waals surface area contributed by atoms with Crippen molar-refractivity contribution < 1.29 is 14.6 Å². The maximum atomic E-state index is 11.6. The average Bonchev–Trinajstić information content (AvgIpc) is 2.41. The van der Waals surface area contributed by atoms with Gasteiger partial charge >= 0.3 is 11.7 Å². The predicted octanol–water partition coefficient (Wildman–Crippen LogP) is 0.292. The first-order chi connectivity index (χ1) is 9.51. The van der Waals surface area contributed by atoms with Crippen molar-refractivity contribution in [3.63, 3.8) is 0 Å². The van der Waals surface area contributed by atoms with Gasteiger partial charge in [0.25, 0.3) is 5.56 Å². The molecule has 7 heteroatoms. The number of methoxy groups -OCH3 is 1. The number of benzene rings is 1. The Bertz CT molecular complexity index is 760. The monoisotopic (exact) mass is 276 g/mol. The Morgan fingerprint density at radius 2 is 2.10 bits per heavy atom. The number of aromatic amines is 1. The van der Waals surface area contributed by atoms with Gasteiger partial charge < -0.3 is 9.84 Å². The van der Waals surface area contributed by atoms with E-state index >= 15 is 0 Å². The second kappa shape index (κ2) is 5.43. The fourth-order valence-corrected chi connectivity index (χ4v) is 1.79. The van der Waals surface area contributed by atoms with Gasteiger partial charge in [-0.05, 0) is 18.2 Å². The van der Waals surface area contributed by atoms with Crippen LogP contribution in [0.2, 0.25) is 0 Å². The minimum absolute atomic E-state index is 0.0956. The molecule has 0 aliphatic rings. The van der Waals surface area contributed by atoms with E-state index in [4.69, 9.17) is 9.84 Å². The second-order valence-corrected chi connectivity index (χ2v) is 4.07. The van der Waals surface area contributed by atoms with E-state index in [9.17, 15) is 14.4 Å². The predicted molar refractivity (Wildman–Crippen MR) is 70.4 cm³/mol. The highest BCUT2D eigenvalue weighted by molar-refractivity contribution is 5.88. The Morgan fingerprint density at radius 3 is 2.70 bits per heavy atom.